The van der Waals surface area contributed by atoms with Crippen LogP contribution in [0.25, 0.3) is 16.8 Å². The molecule has 0 bridgehead atoms. The maximum absolute atomic E-state index is 12.6. The van der Waals surface area contributed by atoms with Gasteiger partial charge in [-0.25, -0.2) is 4.52 Å². The molecule has 2 aromatic heterocycles. The number of para-hydroxylation sites is 1. The zero-order valence-electron chi connectivity index (χ0n) is 14.6. The number of hydrogen-bond donors (Lipinski definition) is 1. The summed E-state index contributed by atoms with van der Waals surface area (Å²) in [6.45, 7) is 0. The third-order valence-corrected chi connectivity index (χ3v) is 4.17. The fraction of sp³-hybridized carbons (Fsp3) is 0.222. The summed E-state index contributed by atoms with van der Waals surface area (Å²) in [6, 6.07) is 8.81. The summed E-state index contributed by atoms with van der Waals surface area (Å²) >= 11 is 0. The van der Waals surface area contributed by atoms with Gasteiger partial charge in [-0.05, 0) is 18.2 Å². The van der Waals surface area contributed by atoms with Gasteiger partial charge >= 0.3 is 12.3 Å². The van der Waals surface area contributed by atoms with E-state index in [1.165, 1.54) is 35.0 Å². The molecule has 29 heavy (non-hydrogen) atoms. The van der Waals surface area contributed by atoms with E-state index in [-0.39, 0.29) is 30.1 Å². The monoisotopic (exact) mass is 406 g/mol. The fourth-order valence-electron chi connectivity index (χ4n) is 2.91. The Morgan fingerprint density at radius 2 is 2.03 bits per heavy atom. The number of nitrogens with one attached hydrogen (secondary N) is 1. The summed E-state index contributed by atoms with van der Waals surface area (Å²) in [5, 5.41) is 6.57. The number of halogens is 3. The molecule has 11 heteroatoms. The van der Waals surface area contributed by atoms with Gasteiger partial charge in [-0.1, -0.05) is 18.2 Å². The molecule has 1 atom stereocenters. The average molecular weight is 406 g/mol. The van der Waals surface area contributed by atoms with Gasteiger partial charge in [0, 0.05) is 30.2 Å². The first-order chi connectivity index (χ1) is 13.8. The SMILES string of the molecule is O=C1CC[C@H](C(=O)Nc2nc3ccc(-c4ccccc4OC(F)(F)F)cn3n2)O1. The second-order valence-electron chi connectivity index (χ2n) is 6.21. The Labute approximate surface area is 161 Å². The van der Waals surface area contributed by atoms with Crippen molar-refractivity contribution in [2.45, 2.75) is 25.3 Å². The van der Waals surface area contributed by atoms with Crippen LogP contribution in [0.15, 0.2) is 42.6 Å². The van der Waals surface area contributed by atoms with Gasteiger partial charge < -0.3 is 9.47 Å². The molecule has 0 unspecified atom stereocenters. The smallest absolute Gasteiger partial charge is 0.452 e. The van der Waals surface area contributed by atoms with Crippen LogP contribution in [0.1, 0.15) is 12.8 Å². The molecule has 1 aliphatic rings. The summed E-state index contributed by atoms with van der Waals surface area (Å²) in [5.74, 6) is -1.36. The van der Waals surface area contributed by atoms with E-state index < -0.39 is 24.3 Å². The molecule has 1 saturated heterocycles. The first-order valence-corrected chi connectivity index (χ1v) is 8.50. The van der Waals surface area contributed by atoms with Gasteiger partial charge in [0.1, 0.15) is 5.75 Å². The fourth-order valence-corrected chi connectivity index (χ4v) is 2.91. The highest BCUT2D eigenvalue weighted by molar-refractivity contribution is 5.95. The third kappa shape index (κ3) is 4.13. The molecule has 1 aromatic carbocycles. The van der Waals surface area contributed by atoms with E-state index in [0.29, 0.717) is 11.2 Å². The maximum atomic E-state index is 12.6. The minimum Gasteiger partial charge on any atom is -0.452 e. The van der Waals surface area contributed by atoms with Crippen LogP contribution in [0.5, 0.6) is 5.75 Å². The van der Waals surface area contributed by atoms with E-state index in [1.807, 2.05) is 0 Å². The molecule has 0 radical (unpaired) electrons. The van der Waals surface area contributed by atoms with Crippen molar-refractivity contribution >= 4 is 23.5 Å². The molecule has 0 aliphatic carbocycles. The number of esters is 1. The van der Waals surface area contributed by atoms with Crippen LogP contribution in [-0.4, -0.2) is 38.9 Å². The minimum atomic E-state index is -4.82. The van der Waals surface area contributed by atoms with Crippen molar-refractivity contribution in [1.29, 1.82) is 0 Å². The van der Waals surface area contributed by atoms with Gasteiger partial charge in [0.05, 0.1) is 0 Å². The number of cyclic esters (lactones) is 1. The standard InChI is InChI=1S/C18H13F3N4O4/c19-18(20,21)29-12-4-2-1-3-11(12)10-5-7-14-22-17(24-25(14)9-10)23-16(27)13-6-8-15(26)28-13/h1-5,7,9,13H,6,8H2,(H,23,24,27)/t13-/m1/s1. The van der Waals surface area contributed by atoms with Crippen LogP contribution in [-0.2, 0) is 14.3 Å². The predicted molar refractivity (Wildman–Crippen MR) is 92.8 cm³/mol. The molecule has 1 N–H and O–H groups in total. The number of rotatable bonds is 4. The Kier molecular flexibility index (Phi) is 4.57. The number of amides is 1. The van der Waals surface area contributed by atoms with E-state index in [1.54, 1.807) is 12.1 Å². The van der Waals surface area contributed by atoms with E-state index >= 15 is 0 Å². The van der Waals surface area contributed by atoms with Crippen molar-refractivity contribution in [2.75, 3.05) is 5.32 Å². The number of nitrogens with zero attached hydrogens (tertiary/aromatic N) is 3. The molecular formula is C18H13F3N4O4. The molecule has 3 heterocycles. The molecule has 8 nitrogen and oxygen atoms in total. The van der Waals surface area contributed by atoms with Crippen LogP contribution in [0, 0.1) is 0 Å². The average Bonchev–Trinajstić information content (AvgIpc) is 3.25. The van der Waals surface area contributed by atoms with Gasteiger partial charge in [0.15, 0.2) is 11.8 Å². The first-order valence-electron chi connectivity index (χ1n) is 8.50. The van der Waals surface area contributed by atoms with Crippen LogP contribution >= 0.6 is 0 Å². The van der Waals surface area contributed by atoms with Crippen LogP contribution in [0.4, 0.5) is 19.1 Å². The van der Waals surface area contributed by atoms with Crippen molar-refractivity contribution < 1.29 is 32.2 Å². The number of carbonyl (C=O) groups excluding carboxylic acids is 2. The van der Waals surface area contributed by atoms with E-state index in [9.17, 15) is 22.8 Å². The van der Waals surface area contributed by atoms with Gasteiger partial charge in [0.2, 0.25) is 5.95 Å². The zero-order chi connectivity index (χ0) is 20.6. The Balaban J connectivity index is 1.59. The largest absolute Gasteiger partial charge is 0.573 e. The zero-order valence-corrected chi connectivity index (χ0v) is 14.6. The topological polar surface area (TPSA) is 94.8 Å². The lowest BCUT2D eigenvalue weighted by Crippen LogP contribution is -2.27. The summed E-state index contributed by atoms with van der Waals surface area (Å²) in [6.07, 6.45) is -3.81. The van der Waals surface area contributed by atoms with Gasteiger partial charge in [-0.3, -0.25) is 14.9 Å². The van der Waals surface area contributed by atoms with Crippen molar-refractivity contribution in [1.82, 2.24) is 14.6 Å². The van der Waals surface area contributed by atoms with Crippen LogP contribution in [0.3, 0.4) is 0 Å². The minimum absolute atomic E-state index is 0.0186. The Bertz CT molecular complexity index is 1100. The molecule has 1 fully saturated rings. The number of pyridine rings is 1. The number of aromatic nitrogens is 3. The summed E-state index contributed by atoms with van der Waals surface area (Å²) < 4.78 is 48.2. The number of anilines is 1. The quantitative estimate of drug-likeness (QED) is 0.670. The number of alkyl halides is 3. The Hall–Kier alpha value is -3.63. The summed E-state index contributed by atoms with van der Waals surface area (Å²) in [7, 11) is 0. The number of hydrogen-bond acceptors (Lipinski definition) is 6. The highest BCUT2D eigenvalue weighted by atomic mass is 19.4. The summed E-state index contributed by atoms with van der Waals surface area (Å²) in [4.78, 5) is 27.3. The van der Waals surface area contributed by atoms with Crippen molar-refractivity contribution in [3.8, 4) is 16.9 Å². The molecule has 1 aliphatic heterocycles. The number of carbonyl (C=O) groups is 2. The molecule has 0 saturated carbocycles. The lowest BCUT2D eigenvalue weighted by atomic mass is 10.1. The normalized spacial score (nSPS) is 16.7. The lowest BCUT2D eigenvalue weighted by molar-refractivity contribution is -0.274. The Morgan fingerprint density at radius 1 is 1.24 bits per heavy atom. The molecule has 150 valence electrons. The molecule has 3 aromatic rings. The summed E-state index contributed by atoms with van der Waals surface area (Å²) in [5.41, 5.74) is 0.984. The molecule has 4 rings (SSSR count). The Morgan fingerprint density at radius 3 is 2.76 bits per heavy atom. The van der Waals surface area contributed by atoms with Crippen molar-refractivity contribution in [2.24, 2.45) is 0 Å². The lowest BCUT2D eigenvalue weighted by Gasteiger charge is -2.13. The van der Waals surface area contributed by atoms with Crippen LogP contribution in [0.2, 0.25) is 0 Å². The second-order valence-corrected chi connectivity index (χ2v) is 6.21. The molecule has 0 spiro atoms. The third-order valence-electron chi connectivity index (χ3n) is 4.17. The maximum Gasteiger partial charge on any atom is 0.573 e. The van der Waals surface area contributed by atoms with Gasteiger partial charge in [0.25, 0.3) is 5.91 Å². The van der Waals surface area contributed by atoms with Crippen molar-refractivity contribution in [3.05, 3.63) is 42.6 Å². The number of fused-ring (bicyclic) bond motifs is 1. The number of ether oxygens (including phenoxy) is 2. The first kappa shape index (κ1) is 18.7. The second kappa shape index (κ2) is 7.08. The van der Waals surface area contributed by atoms with Crippen LogP contribution < -0.4 is 10.1 Å². The molecule has 1 amide bonds. The van der Waals surface area contributed by atoms with Gasteiger partial charge in [-0.15, -0.1) is 18.3 Å². The highest BCUT2D eigenvalue weighted by Gasteiger charge is 2.32. The molecular weight excluding hydrogens is 393 g/mol. The van der Waals surface area contributed by atoms with E-state index in [0.717, 1.165) is 0 Å². The highest BCUT2D eigenvalue weighted by Crippen LogP contribution is 2.33. The van der Waals surface area contributed by atoms with Gasteiger partial charge in [-0.2, -0.15) is 4.98 Å². The van der Waals surface area contributed by atoms with E-state index in [4.69, 9.17) is 4.74 Å². The predicted octanol–water partition coefficient (Wildman–Crippen LogP) is 2.94. The number of benzene rings is 1. The van der Waals surface area contributed by atoms with Crippen molar-refractivity contribution in [3.63, 3.8) is 0 Å². The van der Waals surface area contributed by atoms with E-state index in [2.05, 4.69) is 20.1 Å².